The number of carbonyl (C=O) groups is 1. The molecule has 0 saturated carbocycles. The number of nitrogens with one attached hydrogen (secondary N) is 1. The molecule has 104 valence electrons. The number of aliphatic carboxylic acids is 1. The zero-order chi connectivity index (χ0) is 14.5. The number of hydrogen-bond donors (Lipinski definition) is 3. The molecule has 8 heteroatoms. The van der Waals surface area contributed by atoms with E-state index in [1.807, 2.05) is 0 Å². The molecule has 0 aliphatic rings. The average molecular weight is 295 g/mol. The molecule has 0 saturated heterocycles. The van der Waals surface area contributed by atoms with Crippen LogP contribution in [0.2, 0.25) is 5.28 Å². The Morgan fingerprint density at radius 1 is 1.40 bits per heavy atom. The summed E-state index contributed by atoms with van der Waals surface area (Å²) in [6.45, 7) is -0.388. The lowest BCUT2D eigenvalue weighted by Gasteiger charge is -2.09. The molecule has 0 fully saturated rings. The lowest BCUT2D eigenvalue weighted by atomic mass is 10.3. The van der Waals surface area contributed by atoms with Gasteiger partial charge in [0.1, 0.15) is 5.75 Å². The van der Waals surface area contributed by atoms with E-state index in [9.17, 15) is 4.79 Å². The van der Waals surface area contributed by atoms with Gasteiger partial charge in [-0.3, -0.25) is 0 Å². The van der Waals surface area contributed by atoms with E-state index in [1.54, 1.807) is 24.3 Å². The molecule has 0 spiro atoms. The quantitative estimate of drug-likeness (QED) is 0.722. The first-order valence-corrected chi connectivity index (χ1v) is 5.92. The van der Waals surface area contributed by atoms with Crippen molar-refractivity contribution in [3.8, 4) is 5.75 Å². The molecule has 0 aliphatic heterocycles. The van der Waals surface area contributed by atoms with E-state index in [2.05, 4.69) is 15.3 Å². The summed E-state index contributed by atoms with van der Waals surface area (Å²) in [6, 6.07) is 6.66. The molecule has 1 aromatic heterocycles. The second kappa shape index (κ2) is 6.07. The fourth-order valence-corrected chi connectivity index (χ4v) is 1.52. The number of carboxylic acid groups (broad SMARTS) is 1. The van der Waals surface area contributed by atoms with Gasteiger partial charge in [-0.2, -0.15) is 4.98 Å². The third-order valence-corrected chi connectivity index (χ3v) is 2.45. The standard InChI is InChI=1S/C12H11ClN4O3/c13-12-15-5-9(14)11(17-12)16-7-1-3-8(4-2-7)20-6-10(18)19/h1-5H,6,14H2,(H,18,19)(H,15,16,17). The Balaban J connectivity index is 2.06. The topological polar surface area (TPSA) is 110 Å². The second-order valence-electron chi connectivity index (χ2n) is 3.77. The Bertz CT molecular complexity index is 619. The summed E-state index contributed by atoms with van der Waals surface area (Å²) in [5.74, 6) is -0.188. The molecule has 1 aromatic carbocycles. The van der Waals surface area contributed by atoms with Crippen molar-refractivity contribution < 1.29 is 14.6 Å². The predicted octanol–water partition coefficient (Wildman–Crippen LogP) is 1.92. The van der Waals surface area contributed by atoms with E-state index >= 15 is 0 Å². The summed E-state index contributed by atoms with van der Waals surface area (Å²) < 4.78 is 5.02. The summed E-state index contributed by atoms with van der Waals surface area (Å²) in [6.07, 6.45) is 1.40. The van der Waals surface area contributed by atoms with Crippen molar-refractivity contribution in [3.05, 3.63) is 35.7 Å². The molecule has 20 heavy (non-hydrogen) atoms. The zero-order valence-electron chi connectivity index (χ0n) is 10.2. The Kier molecular flexibility index (Phi) is 4.21. The van der Waals surface area contributed by atoms with Crippen molar-refractivity contribution >= 4 is 34.8 Å². The first-order chi connectivity index (χ1) is 9.54. The van der Waals surface area contributed by atoms with E-state index in [1.165, 1.54) is 6.20 Å². The summed E-state index contributed by atoms with van der Waals surface area (Å²) in [4.78, 5) is 18.1. The van der Waals surface area contributed by atoms with Crippen LogP contribution in [-0.2, 0) is 4.79 Å². The van der Waals surface area contributed by atoms with Crippen LogP contribution in [-0.4, -0.2) is 27.7 Å². The second-order valence-corrected chi connectivity index (χ2v) is 4.11. The molecular formula is C12H11ClN4O3. The SMILES string of the molecule is Nc1cnc(Cl)nc1Nc1ccc(OCC(=O)O)cc1. The van der Waals surface area contributed by atoms with Crippen molar-refractivity contribution in [2.45, 2.75) is 0 Å². The first-order valence-electron chi connectivity index (χ1n) is 5.54. The van der Waals surface area contributed by atoms with Gasteiger partial charge in [0.25, 0.3) is 0 Å². The maximum atomic E-state index is 10.4. The number of benzene rings is 1. The molecule has 2 aromatic rings. The minimum Gasteiger partial charge on any atom is -0.482 e. The van der Waals surface area contributed by atoms with Crippen LogP contribution < -0.4 is 15.8 Å². The number of aromatic nitrogens is 2. The van der Waals surface area contributed by atoms with Crippen LogP contribution >= 0.6 is 11.6 Å². The van der Waals surface area contributed by atoms with E-state index in [4.69, 9.17) is 27.2 Å². The molecule has 4 N–H and O–H groups in total. The number of nitrogen functional groups attached to an aromatic ring is 1. The first kappa shape index (κ1) is 13.9. The van der Waals surface area contributed by atoms with E-state index in [-0.39, 0.29) is 11.9 Å². The minimum absolute atomic E-state index is 0.0862. The average Bonchev–Trinajstić information content (AvgIpc) is 2.42. The minimum atomic E-state index is -1.03. The van der Waals surface area contributed by atoms with Crippen LogP contribution in [0.5, 0.6) is 5.75 Å². The Labute approximate surface area is 119 Å². The molecule has 0 bridgehead atoms. The third-order valence-electron chi connectivity index (χ3n) is 2.27. The van der Waals surface area contributed by atoms with Gasteiger partial charge in [-0.15, -0.1) is 0 Å². The molecule has 0 atom stereocenters. The van der Waals surface area contributed by atoms with Crippen molar-refractivity contribution in [3.63, 3.8) is 0 Å². The number of rotatable bonds is 5. The molecule has 0 amide bonds. The lowest BCUT2D eigenvalue weighted by Crippen LogP contribution is -2.09. The maximum Gasteiger partial charge on any atom is 0.341 e. The Morgan fingerprint density at radius 2 is 2.10 bits per heavy atom. The molecule has 0 unspecified atom stereocenters. The number of halogens is 1. The van der Waals surface area contributed by atoms with Crippen molar-refractivity contribution in [2.75, 3.05) is 17.7 Å². The van der Waals surface area contributed by atoms with Crippen LogP contribution in [0, 0.1) is 0 Å². The molecule has 2 rings (SSSR count). The Hall–Kier alpha value is -2.54. The zero-order valence-corrected chi connectivity index (χ0v) is 11.0. The Morgan fingerprint density at radius 3 is 2.75 bits per heavy atom. The lowest BCUT2D eigenvalue weighted by molar-refractivity contribution is -0.139. The predicted molar refractivity (Wildman–Crippen MR) is 74.3 cm³/mol. The summed E-state index contributed by atoms with van der Waals surface area (Å²) in [5, 5.41) is 11.6. The number of hydrogen-bond acceptors (Lipinski definition) is 6. The van der Waals surface area contributed by atoms with Crippen molar-refractivity contribution in [1.29, 1.82) is 0 Å². The van der Waals surface area contributed by atoms with Gasteiger partial charge in [-0.05, 0) is 35.9 Å². The number of nitrogens with two attached hydrogens (primary N) is 1. The largest absolute Gasteiger partial charge is 0.482 e. The van der Waals surface area contributed by atoms with Crippen LogP contribution in [0.4, 0.5) is 17.2 Å². The highest BCUT2D eigenvalue weighted by atomic mass is 35.5. The van der Waals surface area contributed by atoms with Crippen LogP contribution in [0.25, 0.3) is 0 Å². The molecule has 1 heterocycles. The number of nitrogens with zero attached hydrogens (tertiary/aromatic N) is 2. The van der Waals surface area contributed by atoms with Gasteiger partial charge in [0.15, 0.2) is 12.4 Å². The summed E-state index contributed by atoms with van der Waals surface area (Å²) in [7, 11) is 0. The highest BCUT2D eigenvalue weighted by Gasteiger charge is 2.04. The summed E-state index contributed by atoms with van der Waals surface area (Å²) >= 11 is 5.69. The van der Waals surface area contributed by atoms with Crippen LogP contribution in [0.1, 0.15) is 0 Å². The molecule has 0 aliphatic carbocycles. The van der Waals surface area contributed by atoms with E-state index in [0.29, 0.717) is 22.9 Å². The molecule has 7 nitrogen and oxygen atoms in total. The smallest absolute Gasteiger partial charge is 0.341 e. The van der Waals surface area contributed by atoms with Crippen molar-refractivity contribution in [2.24, 2.45) is 0 Å². The van der Waals surface area contributed by atoms with Gasteiger partial charge in [-0.1, -0.05) is 0 Å². The number of ether oxygens (including phenoxy) is 1. The number of anilines is 3. The fraction of sp³-hybridized carbons (Fsp3) is 0.0833. The monoisotopic (exact) mass is 294 g/mol. The van der Waals surface area contributed by atoms with Gasteiger partial charge in [0.05, 0.1) is 11.9 Å². The highest BCUT2D eigenvalue weighted by molar-refractivity contribution is 6.28. The van der Waals surface area contributed by atoms with Crippen LogP contribution in [0.3, 0.4) is 0 Å². The van der Waals surface area contributed by atoms with Gasteiger partial charge in [0, 0.05) is 5.69 Å². The third kappa shape index (κ3) is 3.72. The molecular weight excluding hydrogens is 284 g/mol. The van der Waals surface area contributed by atoms with Gasteiger partial charge < -0.3 is 20.9 Å². The highest BCUT2D eigenvalue weighted by Crippen LogP contribution is 2.23. The van der Waals surface area contributed by atoms with Gasteiger partial charge >= 0.3 is 5.97 Å². The number of carboxylic acids is 1. The van der Waals surface area contributed by atoms with Gasteiger partial charge in [-0.25, -0.2) is 9.78 Å². The van der Waals surface area contributed by atoms with Crippen molar-refractivity contribution in [1.82, 2.24) is 9.97 Å². The van der Waals surface area contributed by atoms with Crippen LogP contribution in [0.15, 0.2) is 30.5 Å². The molecule has 0 radical (unpaired) electrons. The summed E-state index contributed by atoms with van der Waals surface area (Å²) in [5.41, 5.74) is 6.78. The van der Waals surface area contributed by atoms with Gasteiger partial charge in [0.2, 0.25) is 5.28 Å². The maximum absolute atomic E-state index is 10.4. The van der Waals surface area contributed by atoms with E-state index in [0.717, 1.165) is 0 Å². The van der Waals surface area contributed by atoms with E-state index < -0.39 is 5.97 Å². The normalized spacial score (nSPS) is 10.1. The fourth-order valence-electron chi connectivity index (χ4n) is 1.39.